The molecule has 6 heteroatoms. The highest BCUT2D eigenvalue weighted by Crippen LogP contribution is 2.28. The molecule has 2 heterocycles. The van der Waals surface area contributed by atoms with Crippen LogP contribution >= 0.6 is 23.2 Å². The standard InChI is InChI=1S/C16H9Cl2N3O/c17-7-10-8-22-16(19-10)11-2-1-3-13-15(11)21-14-6-9(18)4-5-12(14)20-13/h1-6,8H,7H2. The third kappa shape index (κ3) is 2.21. The van der Waals surface area contributed by atoms with Gasteiger partial charge in [0, 0.05) is 5.02 Å². The van der Waals surface area contributed by atoms with Crippen LogP contribution in [0.4, 0.5) is 0 Å². The minimum atomic E-state index is 0.304. The molecule has 0 spiro atoms. The van der Waals surface area contributed by atoms with E-state index in [1.165, 1.54) is 0 Å². The minimum absolute atomic E-state index is 0.304. The molecular weight excluding hydrogens is 321 g/mol. The zero-order valence-electron chi connectivity index (χ0n) is 11.3. The molecule has 4 rings (SSSR count). The molecule has 108 valence electrons. The van der Waals surface area contributed by atoms with Gasteiger partial charge in [-0.15, -0.1) is 11.6 Å². The molecule has 0 unspecified atom stereocenters. The second-order valence-corrected chi connectivity index (χ2v) is 5.51. The molecule has 0 fully saturated rings. The molecule has 0 radical (unpaired) electrons. The summed E-state index contributed by atoms with van der Waals surface area (Å²) in [5.74, 6) is 0.787. The van der Waals surface area contributed by atoms with Crippen molar-refractivity contribution in [2.24, 2.45) is 0 Å². The first-order valence-electron chi connectivity index (χ1n) is 6.61. The normalized spacial score (nSPS) is 11.4. The van der Waals surface area contributed by atoms with Crippen molar-refractivity contribution in [2.45, 2.75) is 5.88 Å². The van der Waals surface area contributed by atoms with Crippen molar-refractivity contribution in [1.82, 2.24) is 15.0 Å². The van der Waals surface area contributed by atoms with Crippen LogP contribution in [-0.4, -0.2) is 15.0 Å². The molecule has 22 heavy (non-hydrogen) atoms. The SMILES string of the molecule is ClCc1coc(-c2cccc3nc4ccc(Cl)cc4nc23)n1. The van der Waals surface area contributed by atoms with Crippen molar-refractivity contribution in [3.63, 3.8) is 0 Å². The van der Waals surface area contributed by atoms with Gasteiger partial charge in [-0.2, -0.15) is 0 Å². The Morgan fingerprint density at radius 2 is 1.86 bits per heavy atom. The Bertz CT molecular complexity index is 997. The van der Waals surface area contributed by atoms with Gasteiger partial charge in [-0.25, -0.2) is 15.0 Å². The number of aromatic nitrogens is 3. The number of benzene rings is 2. The Hall–Kier alpha value is -2.17. The molecule has 4 aromatic rings. The summed E-state index contributed by atoms with van der Waals surface area (Å²) < 4.78 is 5.50. The van der Waals surface area contributed by atoms with Gasteiger partial charge < -0.3 is 4.42 Å². The van der Waals surface area contributed by atoms with Gasteiger partial charge in [-0.3, -0.25) is 0 Å². The number of rotatable bonds is 2. The first kappa shape index (κ1) is 13.5. The Morgan fingerprint density at radius 3 is 2.68 bits per heavy atom. The monoisotopic (exact) mass is 329 g/mol. The molecular formula is C16H9Cl2N3O. The fourth-order valence-corrected chi connectivity index (χ4v) is 2.62. The van der Waals surface area contributed by atoms with Gasteiger partial charge in [0.1, 0.15) is 11.8 Å². The van der Waals surface area contributed by atoms with Gasteiger partial charge in [0.2, 0.25) is 5.89 Å². The highest BCUT2D eigenvalue weighted by molar-refractivity contribution is 6.31. The molecule has 0 saturated carbocycles. The molecule has 2 aromatic heterocycles. The molecule has 0 aliphatic heterocycles. The number of hydrogen-bond acceptors (Lipinski definition) is 4. The summed E-state index contributed by atoms with van der Waals surface area (Å²) >= 11 is 11.8. The number of fused-ring (bicyclic) bond motifs is 2. The molecule has 0 amide bonds. The number of nitrogens with zero attached hydrogens (tertiary/aromatic N) is 3. The van der Waals surface area contributed by atoms with E-state index in [-0.39, 0.29) is 0 Å². The van der Waals surface area contributed by atoms with Gasteiger partial charge in [-0.05, 0) is 30.3 Å². The minimum Gasteiger partial charge on any atom is -0.444 e. The predicted molar refractivity (Wildman–Crippen MR) is 87.1 cm³/mol. The first-order chi connectivity index (χ1) is 10.7. The average Bonchev–Trinajstić information content (AvgIpc) is 3.01. The number of para-hydroxylation sites is 1. The van der Waals surface area contributed by atoms with Crippen molar-refractivity contribution in [1.29, 1.82) is 0 Å². The van der Waals surface area contributed by atoms with Gasteiger partial charge >= 0.3 is 0 Å². The van der Waals surface area contributed by atoms with E-state index in [1.54, 1.807) is 18.4 Å². The predicted octanol–water partition coefficient (Wildman–Crippen LogP) is 4.83. The lowest BCUT2D eigenvalue weighted by Gasteiger charge is -2.04. The maximum atomic E-state index is 6.04. The molecule has 2 aromatic carbocycles. The fourth-order valence-electron chi connectivity index (χ4n) is 2.33. The van der Waals surface area contributed by atoms with Crippen LogP contribution in [0, 0.1) is 0 Å². The molecule has 0 aliphatic rings. The first-order valence-corrected chi connectivity index (χ1v) is 7.52. The van der Waals surface area contributed by atoms with E-state index in [9.17, 15) is 0 Å². The summed E-state index contributed by atoms with van der Waals surface area (Å²) in [4.78, 5) is 13.6. The van der Waals surface area contributed by atoms with Gasteiger partial charge in [0.05, 0.1) is 33.7 Å². The van der Waals surface area contributed by atoms with E-state index in [0.29, 0.717) is 22.5 Å². The summed E-state index contributed by atoms with van der Waals surface area (Å²) in [7, 11) is 0. The number of hydrogen-bond donors (Lipinski definition) is 0. The zero-order chi connectivity index (χ0) is 15.1. The third-order valence-electron chi connectivity index (χ3n) is 3.34. The second kappa shape index (κ2) is 5.23. The maximum Gasteiger partial charge on any atom is 0.228 e. The van der Waals surface area contributed by atoms with Crippen LogP contribution in [0.1, 0.15) is 5.69 Å². The van der Waals surface area contributed by atoms with E-state index < -0.39 is 0 Å². The van der Waals surface area contributed by atoms with Crippen LogP contribution in [0.25, 0.3) is 33.5 Å². The molecule has 0 atom stereocenters. The van der Waals surface area contributed by atoms with E-state index in [4.69, 9.17) is 27.6 Å². The Morgan fingerprint density at radius 1 is 0.955 bits per heavy atom. The summed E-state index contributed by atoms with van der Waals surface area (Å²) in [5.41, 5.74) is 4.49. The smallest absolute Gasteiger partial charge is 0.228 e. The van der Waals surface area contributed by atoms with Crippen LogP contribution in [0.15, 0.2) is 47.1 Å². The second-order valence-electron chi connectivity index (χ2n) is 4.81. The van der Waals surface area contributed by atoms with Crippen LogP contribution in [0.5, 0.6) is 0 Å². The quantitative estimate of drug-likeness (QED) is 0.390. The van der Waals surface area contributed by atoms with E-state index in [2.05, 4.69) is 15.0 Å². The third-order valence-corrected chi connectivity index (χ3v) is 3.85. The van der Waals surface area contributed by atoms with Crippen LogP contribution < -0.4 is 0 Å². The van der Waals surface area contributed by atoms with Crippen molar-refractivity contribution in [2.75, 3.05) is 0 Å². The molecule has 0 N–H and O–H groups in total. The Kier molecular flexibility index (Phi) is 3.21. The maximum absolute atomic E-state index is 6.04. The zero-order valence-corrected chi connectivity index (χ0v) is 12.8. The van der Waals surface area contributed by atoms with E-state index >= 15 is 0 Å². The van der Waals surface area contributed by atoms with Gasteiger partial charge in [-0.1, -0.05) is 17.7 Å². The van der Waals surface area contributed by atoms with Gasteiger partial charge in [0.25, 0.3) is 0 Å². The van der Waals surface area contributed by atoms with Crippen molar-refractivity contribution in [3.05, 3.63) is 53.4 Å². The van der Waals surface area contributed by atoms with E-state index in [1.807, 2.05) is 24.3 Å². The highest BCUT2D eigenvalue weighted by atomic mass is 35.5. The van der Waals surface area contributed by atoms with E-state index in [0.717, 1.165) is 27.6 Å². The summed E-state index contributed by atoms with van der Waals surface area (Å²) in [6.45, 7) is 0. The number of alkyl halides is 1. The Balaban J connectivity index is 2.02. The lowest BCUT2D eigenvalue weighted by atomic mass is 10.1. The molecule has 0 bridgehead atoms. The number of halogens is 2. The topological polar surface area (TPSA) is 51.8 Å². The summed E-state index contributed by atoms with van der Waals surface area (Å²) in [6.07, 6.45) is 1.55. The largest absolute Gasteiger partial charge is 0.444 e. The molecule has 4 nitrogen and oxygen atoms in total. The van der Waals surface area contributed by atoms with Crippen molar-refractivity contribution in [3.8, 4) is 11.5 Å². The van der Waals surface area contributed by atoms with Crippen molar-refractivity contribution >= 4 is 45.3 Å². The van der Waals surface area contributed by atoms with Crippen LogP contribution in [-0.2, 0) is 5.88 Å². The molecule has 0 aliphatic carbocycles. The van der Waals surface area contributed by atoms with Crippen LogP contribution in [0.3, 0.4) is 0 Å². The highest BCUT2D eigenvalue weighted by Gasteiger charge is 2.13. The summed E-state index contributed by atoms with van der Waals surface area (Å²) in [6, 6.07) is 11.2. The average molecular weight is 330 g/mol. The fraction of sp³-hybridized carbons (Fsp3) is 0.0625. The van der Waals surface area contributed by atoms with Gasteiger partial charge in [0.15, 0.2) is 0 Å². The van der Waals surface area contributed by atoms with Crippen molar-refractivity contribution < 1.29 is 4.42 Å². The molecule has 0 saturated heterocycles. The lowest BCUT2D eigenvalue weighted by molar-refractivity contribution is 0.574. The number of oxazole rings is 1. The lowest BCUT2D eigenvalue weighted by Crippen LogP contribution is -1.91. The Labute approximate surface area is 135 Å². The van der Waals surface area contributed by atoms with Crippen LogP contribution in [0.2, 0.25) is 5.02 Å². The summed E-state index contributed by atoms with van der Waals surface area (Å²) in [5, 5.41) is 0.624.